The molecule has 2 rings (SSSR count). The molecule has 0 saturated heterocycles. The third-order valence-corrected chi connectivity index (χ3v) is 4.37. The smallest absolute Gasteiger partial charge is 0.126 e. The van der Waals surface area contributed by atoms with Gasteiger partial charge in [-0.2, -0.15) is 0 Å². The first-order valence-electron chi connectivity index (χ1n) is 7.19. The molecule has 0 aromatic heterocycles. The Labute approximate surface area is 110 Å². The molecule has 0 heterocycles. The summed E-state index contributed by atoms with van der Waals surface area (Å²) in [4.78, 5) is 0. The van der Waals surface area contributed by atoms with Crippen molar-refractivity contribution in [3.05, 3.63) is 35.6 Å². The quantitative estimate of drug-likeness (QED) is 0.859. The summed E-state index contributed by atoms with van der Waals surface area (Å²) in [6, 6.07) is 7.14. The van der Waals surface area contributed by atoms with Crippen LogP contribution in [0.1, 0.15) is 50.5 Å². The SMILES string of the molecule is NCC1(Cc2ccccc2F)CCCCCCC1. The third kappa shape index (κ3) is 3.32. The van der Waals surface area contributed by atoms with E-state index in [1.807, 2.05) is 12.1 Å². The van der Waals surface area contributed by atoms with E-state index in [9.17, 15) is 4.39 Å². The number of rotatable bonds is 3. The zero-order chi connectivity index (χ0) is 12.8. The van der Waals surface area contributed by atoms with Gasteiger partial charge in [0.1, 0.15) is 5.82 Å². The minimum absolute atomic E-state index is 0.0765. The van der Waals surface area contributed by atoms with Crippen molar-refractivity contribution in [2.24, 2.45) is 11.1 Å². The van der Waals surface area contributed by atoms with Crippen molar-refractivity contribution in [1.29, 1.82) is 0 Å². The highest BCUT2D eigenvalue weighted by Gasteiger charge is 2.29. The predicted octanol–water partition coefficient (Wildman–Crippen LogP) is 4.06. The Morgan fingerprint density at radius 2 is 1.61 bits per heavy atom. The number of halogens is 1. The van der Waals surface area contributed by atoms with Crippen LogP contribution >= 0.6 is 0 Å². The van der Waals surface area contributed by atoms with Crippen molar-refractivity contribution in [1.82, 2.24) is 0 Å². The van der Waals surface area contributed by atoms with Gasteiger partial charge in [-0.25, -0.2) is 4.39 Å². The summed E-state index contributed by atoms with van der Waals surface area (Å²) in [6.07, 6.45) is 9.54. The predicted molar refractivity (Wildman–Crippen MR) is 73.9 cm³/mol. The molecular weight excluding hydrogens is 225 g/mol. The topological polar surface area (TPSA) is 26.0 Å². The Hall–Kier alpha value is -0.890. The second kappa shape index (κ2) is 6.33. The van der Waals surface area contributed by atoms with Gasteiger partial charge < -0.3 is 5.73 Å². The molecule has 2 N–H and O–H groups in total. The number of hydrogen-bond acceptors (Lipinski definition) is 1. The molecule has 0 unspecified atom stereocenters. The van der Waals surface area contributed by atoms with Crippen LogP contribution in [0.3, 0.4) is 0 Å². The van der Waals surface area contributed by atoms with Crippen LogP contribution < -0.4 is 5.73 Å². The molecule has 0 radical (unpaired) electrons. The maximum atomic E-state index is 13.8. The lowest BCUT2D eigenvalue weighted by molar-refractivity contribution is 0.215. The van der Waals surface area contributed by atoms with E-state index in [4.69, 9.17) is 5.73 Å². The van der Waals surface area contributed by atoms with Gasteiger partial charge in [0.15, 0.2) is 0 Å². The molecule has 100 valence electrons. The Kier molecular flexibility index (Phi) is 4.76. The molecule has 1 aromatic carbocycles. The molecule has 18 heavy (non-hydrogen) atoms. The maximum Gasteiger partial charge on any atom is 0.126 e. The molecule has 0 bridgehead atoms. The van der Waals surface area contributed by atoms with Gasteiger partial charge in [-0.3, -0.25) is 0 Å². The van der Waals surface area contributed by atoms with Gasteiger partial charge in [-0.05, 0) is 42.9 Å². The molecule has 1 aliphatic carbocycles. The molecule has 0 spiro atoms. The van der Waals surface area contributed by atoms with Crippen molar-refractivity contribution < 1.29 is 4.39 Å². The number of nitrogens with two attached hydrogens (primary N) is 1. The minimum Gasteiger partial charge on any atom is -0.330 e. The zero-order valence-electron chi connectivity index (χ0n) is 11.1. The summed E-state index contributed by atoms with van der Waals surface area (Å²) in [7, 11) is 0. The normalized spacial score (nSPS) is 20.1. The van der Waals surface area contributed by atoms with E-state index in [1.165, 1.54) is 32.1 Å². The van der Waals surface area contributed by atoms with E-state index in [-0.39, 0.29) is 11.2 Å². The molecule has 1 aromatic rings. The highest BCUT2D eigenvalue weighted by Crippen LogP contribution is 2.36. The van der Waals surface area contributed by atoms with Crippen LogP contribution in [0.5, 0.6) is 0 Å². The molecule has 1 aliphatic rings. The molecule has 1 fully saturated rings. The summed E-state index contributed by atoms with van der Waals surface area (Å²) in [5.41, 5.74) is 7.00. The summed E-state index contributed by atoms with van der Waals surface area (Å²) < 4.78 is 13.8. The van der Waals surface area contributed by atoms with Gasteiger partial charge in [0.2, 0.25) is 0 Å². The lowest BCUT2D eigenvalue weighted by atomic mass is 9.72. The van der Waals surface area contributed by atoms with Crippen LogP contribution in [0.15, 0.2) is 24.3 Å². The average Bonchev–Trinajstić information content (AvgIpc) is 2.35. The fourth-order valence-electron chi connectivity index (χ4n) is 3.15. The van der Waals surface area contributed by atoms with Crippen molar-refractivity contribution in [3.63, 3.8) is 0 Å². The fourth-order valence-corrected chi connectivity index (χ4v) is 3.15. The Morgan fingerprint density at radius 1 is 1.00 bits per heavy atom. The standard InChI is InChI=1S/C16H24FN/c17-15-9-5-4-8-14(15)12-16(13-18)10-6-2-1-3-7-11-16/h4-5,8-9H,1-3,6-7,10-13,18H2. The average molecular weight is 249 g/mol. The van der Waals surface area contributed by atoms with Crippen molar-refractivity contribution in [3.8, 4) is 0 Å². The van der Waals surface area contributed by atoms with Crippen LogP contribution in [0.25, 0.3) is 0 Å². The zero-order valence-corrected chi connectivity index (χ0v) is 11.1. The molecule has 2 heteroatoms. The monoisotopic (exact) mass is 249 g/mol. The Balaban J connectivity index is 2.13. The number of benzene rings is 1. The van der Waals surface area contributed by atoms with Gasteiger partial charge in [-0.1, -0.05) is 50.3 Å². The van der Waals surface area contributed by atoms with Crippen molar-refractivity contribution >= 4 is 0 Å². The van der Waals surface area contributed by atoms with Crippen LogP contribution in [-0.2, 0) is 6.42 Å². The second-order valence-corrected chi connectivity index (χ2v) is 5.74. The molecule has 1 saturated carbocycles. The Morgan fingerprint density at radius 3 is 2.22 bits per heavy atom. The first-order chi connectivity index (χ1) is 8.76. The lowest BCUT2D eigenvalue weighted by Crippen LogP contribution is -2.34. The molecule has 0 aliphatic heterocycles. The third-order valence-electron chi connectivity index (χ3n) is 4.37. The summed E-state index contributed by atoms with van der Waals surface area (Å²) in [5, 5.41) is 0. The molecule has 0 atom stereocenters. The first-order valence-corrected chi connectivity index (χ1v) is 7.19. The van der Waals surface area contributed by atoms with Gasteiger partial charge in [0.05, 0.1) is 0 Å². The largest absolute Gasteiger partial charge is 0.330 e. The summed E-state index contributed by atoms with van der Waals surface area (Å²) >= 11 is 0. The van der Waals surface area contributed by atoms with Gasteiger partial charge in [0, 0.05) is 0 Å². The van der Waals surface area contributed by atoms with E-state index >= 15 is 0 Å². The number of hydrogen-bond donors (Lipinski definition) is 1. The van der Waals surface area contributed by atoms with E-state index in [2.05, 4.69) is 0 Å². The maximum absolute atomic E-state index is 13.8. The van der Waals surface area contributed by atoms with E-state index in [0.717, 1.165) is 24.8 Å². The van der Waals surface area contributed by atoms with Crippen molar-refractivity contribution in [2.45, 2.75) is 51.4 Å². The fraction of sp³-hybridized carbons (Fsp3) is 0.625. The van der Waals surface area contributed by atoms with Crippen molar-refractivity contribution in [2.75, 3.05) is 6.54 Å². The van der Waals surface area contributed by atoms with Crippen LogP contribution in [0, 0.1) is 11.2 Å². The summed E-state index contributed by atoms with van der Waals surface area (Å²) in [5.74, 6) is -0.0765. The molecule has 1 nitrogen and oxygen atoms in total. The molecular formula is C16H24FN. The lowest BCUT2D eigenvalue weighted by Gasteiger charge is -2.34. The van der Waals surface area contributed by atoms with E-state index in [0.29, 0.717) is 6.54 Å². The second-order valence-electron chi connectivity index (χ2n) is 5.74. The minimum atomic E-state index is -0.0765. The van der Waals surface area contributed by atoms with E-state index in [1.54, 1.807) is 12.1 Å². The van der Waals surface area contributed by atoms with Crippen LogP contribution in [0.2, 0.25) is 0 Å². The van der Waals surface area contributed by atoms with Gasteiger partial charge in [0.25, 0.3) is 0 Å². The Bertz CT molecular complexity index is 367. The van der Waals surface area contributed by atoms with Crippen LogP contribution in [-0.4, -0.2) is 6.54 Å². The first kappa shape index (κ1) is 13.5. The van der Waals surface area contributed by atoms with Crippen LogP contribution in [0.4, 0.5) is 4.39 Å². The summed E-state index contributed by atoms with van der Waals surface area (Å²) in [6.45, 7) is 0.682. The highest BCUT2D eigenvalue weighted by atomic mass is 19.1. The van der Waals surface area contributed by atoms with Gasteiger partial charge in [-0.15, -0.1) is 0 Å². The highest BCUT2D eigenvalue weighted by molar-refractivity contribution is 5.19. The van der Waals surface area contributed by atoms with Gasteiger partial charge >= 0.3 is 0 Å². The van der Waals surface area contributed by atoms with E-state index < -0.39 is 0 Å². The molecule has 0 amide bonds.